The summed E-state index contributed by atoms with van der Waals surface area (Å²) in [5.74, 6) is -0.550. The maximum absolute atomic E-state index is 13.3. The number of hydrogen-bond acceptors (Lipinski definition) is 5. The molecule has 3 aromatic rings. The van der Waals surface area contributed by atoms with Crippen molar-refractivity contribution in [2.45, 2.75) is 19.4 Å². The van der Waals surface area contributed by atoms with Gasteiger partial charge in [-0.25, -0.2) is 14.4 Å². The van der Waals surface area contributed by atoms with Crippen LogP contribution in [-0.4, -0.2) is 26.7 Å². The molecule has 0 radical (unpaired) electrons. The molecule has 27 heavy (non-hydrogen) atoms. The quantitative estimate of drug-likeness (QED) is 0.736. The van der Waals surface area contributed by atoms with Crippen molar-refractivity contribution in [3.05, 3.63) is 81.6 Å². The minimum absolute atomic E-state index is 0.103. The second-order valence-electron chi connectivity index (χ2n) is 6.24. The Balaban J connectivity index is 1.76. The highest BCUT2D eigenvalue weighted by atomic mass is 32.1. The van der Waals surface area contributed by atoms with Gasteiger partial charge in [0, 0.05) is 16.9 Å². The van der Waals surface area contributed by atoms with Gasteiger partial charge in [-0.1, -0.05) is 30.3 Å². The van der Waals surface area contributed by atoms with Gasteiger partial charge in [0.15, 0.2) is 0 Å². The Labute approximate surface area is 159 Å². The Morgan fingerprint density at radius 3 is 2.63 bits per heavy atom. The zero-order valence-electron chi connectivity index (χ0n) is 14.5. The topological polar surface area (TPSA) is 65.8 Å². The third kappa shape index (κ3) is 3.21. The molecule has 0 saturated carbocycles. The van der Waals surface area contributed by atoms with E-state index in [2.05, 4.69) is 10.1 Å². The molecule has 0 spiro atoms. The summed E-state index contributed by atoms with van der Waals surface area (Å²) in [7, 11) is 0. The number of phenolic OH excluding ortho intramolecular Hbond substituents is 1. The molecule has 1 aliphatic heterocycles. The number of aromatic nitrogens is 1. The normalized spacial score (nSPS) is 16.4. The Kier molecular flexibility index (Phi) is 4.45. The average molecular weight is 381 g/mol. The second-order valence-corrected chi connectivity index (χ2v) is 7.30. The van der Waals surface area contributed by atoms with Crippen LogP contribution in [0.4, 0.5) is 4.39 Å². The molecule has 7 heteroatoms. The first kappa shape index (κ1) is 17.4. The molecule has 1 unspecified atom stereocenters. The van der Waals surface area contributed by atoms with Crippen molar-refractivity contribution in [1.29, 1.82) is 0 Å². The maximum atomic E-state index is 13.3. The average Bonchev–Trinajstić information content (AvgIpc) is 3.29. The van der Waals surface area contributed by atoms with Crippen molar-refractivity contribution in [3.63, 3.8) is 0 Å². The van der Waals surface area contributed by atoms with Gasteiger partial charge in [-0.3, -0.25) is 4.79 Å². The van der Waals surface area contributed by atoms with Gasteiger partial charge in [0.2, 0.25) is 0 Å². The predicted octanol–water partition coefficient (Wildman–Crippen LogP) is 4.29. The Bertz CT molecular complexity index is 1030. The minimum atomic E-state index is -0.458. The van der Waals surface area contributed by atoms with Gasteiger partial charge in [0.25, 0.3) is 5.91 Å². The lowest BCUT2D eigenvalue weighted by Crippen LogP contribution is -2.27. The molecule has 1 amide bonds. The fraction of sp³-hybridized carbons (Fsp3) is 0.150. The predicted molar refractivity (Wildman–Crippen MR) is 101 cm³/mol. The van der Waals surface area contributed by atoms with E-state index >= 15 is 0 Å². The van der Waals surface area contributed by atoms with Crippen LogP contribution in [0.25, 0.3) is 0 Å². The number of aromatic hydroxyl groups is 1. The van der Waals surface area contributed by atoms with Crippen LogP contribution in [0.3, 0.4) is 0 Å². The van der Waals surface area contributed by atoms with Gasteiger partial charge in [-0.05, 0) is 30.7 Å². The molecule has 0 saturated heterocycles. The zero-order chi connectivity index (χ0) is 19.0. The number of rotatable bonds is 3. The summed E-state index contributed by atoms with van der Waals surface area (Å²) in [6.07, 6.45) is 0.415. The monoisotopic (exact) mass is 381 g/mol. The van der Waals surface area contributed by atoms with E-state index in [1.165, 1.54) is 28.5 Å². The van der Waals surface area contributed by atoms with E-state index in [-0.39, 0.29) is 17.5 Å². The smallest absolute Gasteiger partial charge is 0.294 e. The van der Waals surface area contributed by atoms with Gasteiger partial charge in [-0.2, -0.15) is 5.10 Å². The molecule has 2 aromatic carbocycles. The highest BCUT2D eigenvalue weighted by Gasteiger charge is 2.36. The maximum Gasteiger partial charge on any atom is 0.294 e. The van der Waals surface area contributed by atoms with E-state index in [1.54, 1.807) is 35.8 Å². The van der Waals surface area contributed by atoms with Crippen LogP contribution >= 0.6 is 11.3 Å². The number of halogens is 1. The van der Waals surface area contributed by atoms with Gasteiger partial charge in [0.1, 0.15) is 17.3 Å². The molecular formula is C20H16FN3O2S. The standard InChI is InChI=1S/C20H16FN3O2S/c1-12-19(22-11-27-12)20(26)24-17(15-4-2-3-5-18(15)25)10-16(23-24)13-6-8-14(21)9-7-13/h2-9,11,17,25H,10H2,1H3. The van der Waals surface area contributed by atoms with Crippen LogP contribution in [0.2, 0.25) is 0 Å². The number of phenols is 1. The number of aryl methyl sites for hydroxylation is 1. The molecule has 0 fully saturated rings. The summed E-state index contributed by atoms with van der Waals surface area (Å²) < 4.78 is 13.3. The van der Waals surface area contributed by atoms with Crippen molar-refractivity contribution in [2.24, 2.45) is 5.10 Å². The van der Waals surface area contributed by atoms with E-state index in [4.69, 9.17) is 0 Å². The summed E-state index contributed by atoms with van der Waals surface area (Å²) in [4.78, 5) is 18.0. The first-order valence-electron chi connectivity index (χ1n) is 8.39. The highest BCUT2D eigenvalue weighted by molar-refractivity contribution is 7.09. The minimum Gasteiger partial charge on any atom is -0.508 e. The number of thiazole rings is 1. The van der Waals surface area contributed by atoms with Crippen molar-refractivity contribution in [3.8, 4) is 5.75 Å². The summed E-state index contributed by atoms with van der Waals surface area (Å²) in [5, 5.41) is 16.2. The van der Waals surface area contributed by atoms with Crippen molar-refractivity contribution < 1.29 is 14.3 Å². The van der Waals surface area contributed by atoms with E-state index < -0.39 is 6.04 Å². The van der Waals surface area contributed by atoms with Crippen LogP contribution < -0.4 is 0 Å². The number of hydrazone groups is 1. The summed E-state index contributed by atoms with van der Waals surface area (Å²) >= 11 is 1.39. The molecule has 2 heterocycles. The Hall–Kier alpha value is -3.06. The molecule has 1 N–H and O–H groups in total. The number of benzene rings is 2. The molecule has 136 valence electrons. The van der Waals surface area contributed by atoms with Crippen molar-refractivity contribution in [2.75, 3.05) is 0 Å². The van der Waals surface area contributed by atoms with Crippen LogP contribution in [0.15, 0.2) is 59.1 Å². The molecule has 0 bridgehead atoms. The SMILES string of the molecule is Cc1scnc1C(=O)N1N=C(c2ccc(F)cc2)CC1c1ccccc1O. The number of para-hydroxylation sites is 1. The van der Waals surface area contributed by atoms with Crippen LogP contribution in [0.5, 0.6) is 5.75 Å². The third-order valence-electron chi connectivity index (χ3n) is 4.54. The van der Waals surface area contributed by atoms with Crippen molar-refractivity contribution in [1.82, 2.24) is 9.99 Å². The van der Waals surface area contributed by atoms with E-state index in [0.717, 1.165) is 10.4 Å². The second kappa shape index (κ2) is 6.92. The van der Waals surface area contributed by atoms with Crippen LogP contribution in [0.1, 0.15) is 39.0 Å². The van der Waals surface area contributed by atoms with Crippen LogP contribution in [-0.2, 0) is 0 Å². The van der Waals surface area contributed by atoms with E-state index in [1.807, 2.05) is 13.0 Å². The molecule has 1 atom stereocenters. The Morgan fingerprint density at radius 1 is 1.22 bits per heavy atom. The van der Waals surface area contributed by atoms with E-state index in [0.29, 0.717) is 23.4 Å². The number of nitrogens with zero attached hydrogens (tertiary/aromatic N) is 3. The first-order chi connectivity index (χ1) is 13.0. The van der Waals surface area contributed by atoms with Gasteiger partial charge >= 0.3 is 0 Å². The highest BCUT2D eigenvalue weighted by Crippen LogP contribution is 2.38. The molecule has 5 nitrogen and oxygen atoms in total. The number of hydrogen-bond donors (Lipinski definition) is 1. The summed E-state index contributed by atoms with van der Waals surface area (Å²) in [6.45, 7) is 1.83. The summed E-state index contributed by atoms with van der Waals surface area (Å²) in [5.41, 5.74) is 3.98. The molecular weight excluding hydrogens is 365 g/mol. The molecule has 4 rings (SSSR count). The Morgan fingerprint density at radius 2 is 1.96 bits per heavy atom. The van der Waals surface area contributed by atoms with Gasteiger partial charge in [0.05, 0.1) is 17.3 Å². The number of amides is 1. The number of carbonyl (C=O) groups is 1. The zero-order valence-corrected chi connectivity index (χ0v) is 15.3. The lowest BCUT2D eigenvalue weighted by atomic mass is 9.97. The molecule has 1 aromatic heterocycles. The van der Waals surface area contributed by atoms with Crippen LogP contribution in [0, 0.1) is 12.7 Å². The fourth-order valence-electron chi connectivity index (χ4n) is 3.15. The fourth-order valence-corrected chi connectivity index (χ4v) is 3.71. The van der Waals surface area contributed by atoms with E-state index in [9.17, 15) is 14.3 Å². The lowest BCUT2D eigenvalue weighted by molar-refractivity contribution is 0.0703. The third-order valence-corrected chi connectivity index (χ3v) is 5.30. The van der Waals surface area contributed by atoms with Gasteiger partial charge < -0.3 is 5.11 Å². The molecule has 1 aliphatic rings. The van der Waals surface area contributed by atoms with Gasteiger partial charge in [-0.15, -0.1) is 11.3 Å². The largest absolute Gasteiger partial charge is 0.508 e. The van der Waals surface area contributed by atoms with Crippen molar-refractivity contribution >= 4 is 23.0 Å². The lowest BCUT2D eigenvalue weighted by Gasteiger charge is -2.22. The first-order valence-corrected chi connectivity index (χ1v) is 9.27. The summed E-state index contributed by atoms with van der Waals surface area (Å²) in [6, 6.07) is 12.4. The molecule has 0 aliphatic carbocycles. The number of carbonyl (C=O) groups excluding carboxylic acids is 1.